The number of amides is 3. The fraction of sp³-hybridized carbons (Fsp3) is 0.346. The summed E-state index contributed by atoms with van der Waals surface area (Å²) < 4.78 is 7.08. The van der Waals surface area contributed by atoms with Gasteiger partial charge in [0, 0.05) is 56.1 Å². The minimum absolute atomic E-state index is 0.0128. The number of carbonyl (C=O) groups excluding carboxylic acids is 3. The number of benzene rings is 1. The standard InChI is InChI=1S/C26H30N8O6/c1-26(2,3)40-25(39)34-12-15(13-34)9-27-21-19(22(35)31-32-23(36)24(37)38)11-28-20(30-21)17-7-5-6-16(8-17)18-10-29-33(4)14-18/h5-8,10-11,14-15H,9,12-13H2,1-4H3,(H,31,35)(H,32,36)(H,37,38)(H,27,28,30). The number of nitrogens with zero attached hydrogens (tertiary/aromatic N) is 5. The summed E-state index contributed by atoms with van der Waals surface area (Å²) in [5.41, 5.74) is 5.77. The van der Waals surface area contributed by atoms with E-state index in [4.69, 9.17) is 9.84 Å². The maximum atomic E-state index is 12.8. The summed E-state index contributed by atoms with van der Waals surface area (Å²) in [6.07, 6.45) is 4.52. The minimum Gasteiger partial charge on any atom is -0.474 e. The van der Waals surface area contributed by atoms with Gasteiger partial charge in [-0.1, -0.05) is 18.2 Å². The van der Waals surface area contributed by atoms with Gasteiger partial charge in [0.15, 0.2) is 5.82 Å². The fourth-order valence-corrected chi connectivity index (χ4v) is 3.88. The second kappa shape index (κ2) is 11.4. The number of hydrazine groups is 1. The molecule has 0 unspecified atom stereocenters. The van der Waals surface area contributed by atoms with Crippen LogP contribution in [-0.2, 0) is 21.4 Å². The number of carboxylic acids is 1. The van der Waals surface area contributed by atoms with E-state index in [0.29, 0.717) is 31.0 Å². The van der Waals surface area contributed by atoms with Crippen LogP contribution in [0.2, 0.25) is 0 Å². The van der Waals surface area contributed by atoms with Crippen molar-refractivity contribution in [1.82, 2.24) is 35.5 Å². The summed E-state index contributed by atoms with van der Waals surface area (Å²) in [5.74, 6) is -3.38. The quantitative estimate of drug-likeness (QED) is 0.260. The first-order chi connectivity index (χ1) is 18.9. The van der Waals surface area contributed by atoms with E-state index >= 15 is 0 Å². The lowest BCUT2D eigenvalue weighted by Crippen LogP contribution is -2.53. The van der Waals surface area contributed by atoms with Crippen molar-refractivity contribution < 1.29 is 29.0 Å². The Labute approximate surface area is 229 Å². The molecule has 1 aromatic carbocycles. The molecule has 0 aliphatic carbocycles. The molecule has 1 aliphatic heterocycles. The monoisotopic (exact) mass is 550 g/mol. The average molecular weight is 551 g/mol. The number of ether oxygens (including phenoxy) is 1. The number of aliphatic carboxylic acids is 1. The molecule has 0 bridgehead atoms. The number of aromatic nitrogens is 4. The molecule has 1 fully saturated rings. The summed E-state index contributed by atoms with van der Waals surface area (Å²) in [6.45, 7) is 6.70. The first kappa shape index (κ1) is 28.0. The normalized spacial score (nSPS) is 13.2. The molecule has 0 spiro atoms. The van der Waals surface area contributed by atoms with Crippen LogP contribution in [0.4, 0.5) is 10.6 Å². The lowest BCUT2D eigenvalue weighted by Gasteiger charge is -2.39. The van der Waals surface area contributed by atoms with Crippen molar-refractivity contribution in [3.05, 3.63) is 48.4 Å². The number of rotatable bonds is 6. The molecule has 0 radical (unpaired) electrons. The SMILES string of the molecule is Cn1cc(-c2cccc(-c3ncc(C(=O)NNC(=O)C(=O)O)c(NCC4CN(C(=O)OC(C)(C)C)C4)n3)c2)cn1. The molecule has 0 saturated carbocycles. The van der Waals surface area contributed by atoms with Crippen molar-refractivity contribution in [2.75, 3.05) is 25.0 Å². The average Bonchev–Trinajstić information content (AvgIpc) is 3.31. The molecule has 1 saturated heterocycles. The number of hydrogen-bond acceptors (Lipinski definition) is 9. The van der Waals surface area contributed by atoms with Gasteiger partial charge >= 0.3 is 18.0 Å². The summed E-state index contributed by atoms with van der Waals surface area (Å²) in [7, 11) is 1.83. The Morgan fingerprint density at radius 3 is 2.45 bits per heavy atom. The molecular weight excluding hydrogens is 520 g/mol. The van der Waals surface area contributed by atoms with Crippen molar-refractivity contribution >= 4 is 29.7 Å². The molecule has 0 atom stereocenters. The Hall–Kier alpha value is -5.01. The molecule has 4 rings (SSSR count). The van der Waals surface area contributed by atoms with E-state index in [2.05, 4.69) is 25.8 Å². The van der Waals surface area contributed by atoms with Gasteiger partial charge in [0.1, 0.15) is 17.0 Å². The molecule has 4 N–H and O–H groups in total. The van der Waals surface area contributed by atoms with Crippen molar-refractivity contribution in [2.45, 2.75) is 26.4 Å². The summed E-state index contributed by atoms with van der Waals surface area (Å²) in [4.78, 5) is 57.6. The third-order valence-corrected chi connectivity index (χ3v) is 5.84. The number of anilines is 1. The number of carboxylic acid groups (broad SMARTS) is 1. The van der Waals surface area contributed by atoms with Crippen LogP contribution in [0.1, 0.15) is 31.1 Å². The van der Waals surface area contributed by atoms with Gasteiger partial charge in [0.25, 0.3) is 5.91 Å². The lowest BCUT2D eigenvalue weighted by atomic mass is 10.0. The summed E-state index contributed by atoms with van der Waals surface area (Å²) >= 11 is 0. The van der Waals surface area contributed by atoms with Crippen LogP contribution in [0, 0.1) is 5.92 Å². The molecule has 3 aromatic rings. The first-order valence-electron chi connectivity index (χ1n) is 12.4. The number of hydrogen-bond donors (Lipinski definition) is 4. The van der Waals surface area contributed by atoms with Gasteiger partial charge in [-0.05, 0) is 32.4 Å². The molecule has 40 heavy (non-hydrogen) atoms. The Bertz CT molecular complexity index is 1440. The summed E-state index contributed by atoms with van der Waals surface area (Å²) in [6, 6.07) is 7.51. The third kappa shape index (κ3) is 6.89. The predicted octanol–water partition coefficient (Wildman–Crippen LogP) is 1.67. The Balaban J connectivity index is 1.52. The molecule has 2 aromatic heterocycles. The van der Waals surface area contributed by atoms with Crippen LogP contribution in [0.15, 0.2) is 42.9 Å². The molecule has 3 amide bonds. The maximum absolute atomic E-state index is 12.8. The zero-order valence-corrected chi connectivity index (χ0v) is 22.5. The van der Waals surface area contributed by atoms with Gasteiger partial charge in [-0.3, -0.25) is 25.1 Å². The maximum Gasteiger partial charge on any atom is 0.410 e. The highest BCUT2D eigenvalue weighted by molar-refractivity contribution is 6.31. The minimum atomic E-state index is -1.75. The lowest BCUT2D eigenvalue weighted by molar-refractivity contribution is -0.150. The fourth-order valence-electron chi connectivity index (χ4n) is 3.88. The van der Waals surface area contributed by atoms with Gasteiger partial charge in [0.05, 0.1) is 6.20 Å². The Morgan fingerprint density at radius 1 is 1.07 bits per heavy atom. The first-order valence-corrected chi connectivity index (χ1v) is 12.4. The van der Waals surface area contributed by atoms with Crippen LogP contribution < -0.4 is 16.2 Å². The zero-order chi connectivity index (χ0) is 29.0. The second-order valence-electron chi connectivity index (χ2n) is 10.3. The molecule has 1 aliphatic rings. The third-order valence-electron chi connectivity index (χ3n) is 5.84. The van der Waals surface area contributed by atoms with Gasteiger partial charge in [-0.15, -0.1) is 0 Å². The zero-order valence-electron chi connectivity index (χ0n) is 22.5. The Kier molecular flexibility index (Phi) is 7.98. The molecule has 3 heterocycles. The van der Waals surface area contributed by atoms with Crippen molar-refractivity contribution in [2.24, 2.45) is 13.0 Å². The number of aryl methyl sites for hydroxylation is 1. The molecular formula is C26H30N8O6. The van der Waals surface area contributed by atoms with Crippen molar-refractivity contribution in [3.8, 4) is 22.5 Å². The van der Waals surface area contributed by atoms with E-state index in [0.717, 1.165) is 11.1 Å². The van der Waals surface area contributed by atoms with Crippen LogP contribution in [0.3, 0.4) is 0 Å². The predicted molar refractivity (Wildman–Crippen MR) is 143 cm³/mol. The molecule has 210 valence electrons. The van der Waals surface area contributed by atoms with Gasteiger partial charge in [0.2, 0.25) is 0 Å². The highest BCUT2D eigenvalue weighted by Gasteiger charge is 2.33. The van der Waals surface area contributed by atoms with Crippen LogP contribution >= 0.6 is 0 Å². The number of likely N-dealkylation sites (tertiary alicyclic amines) is 1. The molecule has 14 nitrogen and oxygen atoms in total. The van der Waals surface area contributed by atoms with Crippen LogP contribution in [0.5, 0.6) is 0 Å². The van der Waals surface area contributed by atoms with E-state index in [1.165, 1.54) is 6.20 Å². The van der Waals surface area contributed by atoms with E-state index in [1.807, 2.05) is 42.9 Å². The van der Waals surface area contributed by atoms with E-state index in [9.17, 15) is 19.2 Å². The largest absolute Gasteiger partial charge is 0.474 e. The number of nitrogens with one attached hydrogen (secondary N) is 3. The topological polar surface area (TPSA) is 181 Å². The van der Waals surface area contributed by atoms with Crippen LogP contribution in [0.25, 0.3) is 22.5 Å². The number of carbonyl (C=O) groups is 4. The van der Waals surface area contributed by atoms with Crippen molar-refractivity contribution in [1.29, 1.82) is 0 Å². The Morgan fingerprint density at radius 2 is 1.80 bits per heavy atom. The van der Waals surface area contributed by atoms with E-state index < -0.39 is 29.5 Å². The van der Waals surface area contributed by atoms with Gasteiger partial charge in [-0.25, -0.2) is 19.6 Å². The van der Waals surface area contributed by atoms with Gasteiger partial charge < -0.3 is 20.1 Å². The van der Waals surface area contributed by atoms with E-state index in [1.54, 1.807) is 36.5 Å². The smallest absolute Gasteiger partial charge is 0.410 e. The van der Waals surface area contributed by atoms with Crippen LogP contribution in [-0.4, -0.2) is 78.9 Å². The summed E-state index contributed by atoms with van der Waals surface area (Å²) in [5, 5.41) is 16.1. The van der Waals surface area contributed by atoms with Gasteiger partial charge in [-0.2, -0.15) is 5.10 Å². The van der Waals surface area contributed by atoms with E-state index in [-0.39, 0.29) is 17.3 Å². The second-order valence-corrected chi connectivity index (χ2v) is 10.3. The highest BCUT2D eigenvalue weighted by atomic mass is 16.6. The molecule has 14 heteroatoms. The highest BCUT2D eigenvalue weighted by Crippen LogP contribution is 2.26. The van der Waals surface area contributed by atoms with Crippen molar-refractivity contribution in [3.63, 3.8) is 0 Å².